The predicted octanol–water partition coefficient (Wildman–Crippen LogP) is 4.77. The SMILES string of the molecule is CN(C)CCN(C(=O)c1cc(Cl)ccc1[N+](=O)[O-])c1nc2c(F)cc(F)cc2s1.Cl. The molecule has 1 amide bonds. The molecule has 0 aliphatic rings. The average molecular weight is 477 g/mol. The molecule has 0 N–H and O–H groups in total. The van der Waals surface area contributed by atoms with Crippen LogP contribution in [0, 0.1) is 21.7 Å². The highest BCUT2D eigenvalue weighted by Crippen LogP contribution is 2.33. The monoisotopic (exact) mass is 476 g/mol. The summed E-state index contributed by atoms with van der Waals surface area (Å²) in [6.45, 7) is 0.534. The molecule has 2 aromatic carbocycles. The maximum absolute atomic E-state index is 14.1. The van der Waals surface area contributed by atoms with Gasteiger partial charge in [-0.3, -0.25) is 19.8 Å². The maximum atomic E-state index is 14.1. The molecule has 0 unspecified atom stereocenters. The number of carbonyl (C=O) groups is 1. The van der Waals surface area contributed by atoms with Crippen LogP contribution in [0.4, 0.5) is 19.6 Å². The molecule has 0 saturated carbocycles. The summed E-state index contributed by atoms with van der Waals surface area (Å²) in [7, 11) is 3.58. The van der Waals surface area contributed by atoms with E-state index in [0.29, 0.717) is 12.6 Å². The summed E-state index contributed by atoms with van der Waals surface area (Å²) in [5, 5.41) is 11.6. The molecule has 0 aliphatic heterocycles. The summed E-state index contributed by atoms with van der Waals surface area (Å²) in [5.41, 5.74) is -0.700. The normalized spacial score (nSPS) is 10.9. The standard InChI is InChI=1S/C18H15ClF2N4O3S.ClH/c1-23(2)5-6-24(17(26)12-7-10(19)3-4-14(12)25(27)28)18-22-16-13(21)8-11(20)9-15(16)29-18;/h3-4,7-9H,5-6H2,1-2H3;1H. The molecule has 12 heteroatoms. The lowest BCUT2D eigenvalue weighted by Gasteiger charge is -2.22. The number of rotatable bonds is 6. The minimum absolute atomic E-state index is 0. The van der Waals surface area contributed by atoms with Crippen molar-refractivity contribution in [2.24, 2.45) is 0 Å². The van der Waals surface area contributed by atoms with Crippen molar-refractivity contribution in [1.29, 1.82) is 0 Å². The molecule has 0 spiro atoms. The number of nitro groups is 1. The van der Waals surface area contributed by atoms with Gasteiger partial charge in [0, 0.05) is 30.2 Å². The number of fused-ring (bicyclic) bond motifs is 1. The van der Waals surface area contributed by atoms with Gasteiger partial charge in [0.25, 0.3) is 11.6 Å². The van der Waals surface area contributed by atoms with E-state index in [0.717, 1.165) is 23.5 Å². The smallest absolute Gasteiger partial charge is 0.282 e. The van der Waals surface area contributed by atoms with Crippen molar-refractivity contribution >= 4 is 62.3 Å². The number of carbonyl (C=O) groups excluding carboxylic acids is 1. The number of anilines is 1. The van der Waals surface area contributed by atoms with Crippen LogP contribution in [0.5, 0.6) is 0 Å². The second-order valence-electron chi connectivity index (χ2n) is 6.41. The van der Waals surface area contributed by atoms with Gasteiger partial charge >= 0.3 is 0 Å². The van der Waals surface area contributed by atoms with Gasteiger partial charge in [0.1, 0.15) is 16.9 Å². The highest BCUT2D eigenvalue weighted by atomic mass is 35.5. The lowest BCUT2D eigenvalue weighted by atomic mass is 10.1. The highest BCUT2D eigenvalue weighted by molar-refractivity contribution is 7.22. The minimum Gasteiger partial charge on any atom is -0.308 e. The van der Waals surface area contributed by atoms with E-state index in [-0.39, 0.29) is 44.9 Å². The number of hydrogen-bond donors (Lipinski definition) is 0. The molecule has 1 aromatic heterocycles. The van der Waals surface area contributed by atoms with Gasteiger partial charge in [-0.05, 0) is 32.3 Å². The fourth-order valence-corrected chi connectivity index (χ4v) is 3.83. The maximum Gasteiger partial charge on any atom is 0.282 e. The van der Waals surface area contributed by atoms with Crippen LogP contribution in [0.25, 0.3) is 10.2 Å². The first-order valence-corrected chi connectivity index (χ1v) is 9.53. The second-order valence-corrected chi connectivity index (χ2v) is 7.85. The number of nitro benzene ring substituents is 1. The van der Waals surface area contributed by atoms with Gasteiger partial charge in [-0.25, -0.2) is 13.8 Å². The molecule has 0 aliphatic carbocycles. The Kier molecular flexibility index (Phi) is 7.64. The van der Waals surface area contributed by atoms with Crippen molar-refractivity contribution in [2.75, 3.05) is 32.1 Å². The molecular formula is C18H16Cl2F2N4O3S. The molecule has 0 bridgehead atoms. The summed E-state index contributed by atoms with van der Waals surface area (Å²) in [6, 6.07) is 5.50. The first kappa shape index (κ1) is 23.9. The Morgan fingerprint density at radius 3 is 2.57 bits per heavy atom. The van der Waals surface area contributed by atoms with Crippen LogP contribution in [0.1, 0.15) is 10.4 Å². The number of benzene rings is 2. The quantitative estimate of drug-likeness (QED) is 0.378. The van der Waals surface area contributed by atoms with Crippen LogP contribution in [0.15, 0.2) is 30.3 Å². The second kappa shape index (κ2) is 9.61. The van der Waals surface area contributed by atoms with E-state index in [1.807, 2.05) is 0 Å². The molecule has 0 radical (unpaired) electrons. The third-order valence-corrected chi connectivity index (χ3v) is 5.29. The van der Waals surface area contributed by atoms with Crippen LogP contribution in [0.3, 0.4) is 0 Å². The number of nitrogens with zero attached hydrogens (tertiary/aromatic N) is 4. The Morgan fingerprint density at radius 1 is 1.23 bits per heavy atom. The van der Waals surface area contributed by atoms with E-state index in [1.54, 1.807) is 19.0 Å². The Balaban J connectivity index is 0.00000320. The molecular weight excluding hydrogens is 461 g/mol. The summed E-state index contributed by atoms with van der Waals surface area (Å²) in [4.78, 5) is 31.0. The van der Waals surface area contributed by atoms with E-state index in [9.17, 15) is 23.7 Å². The van der Waals surface area contributed by atoms with Crippen molar-refractivity contribution in [3.8, 4) is 0 Å². The van der Waals surface area contributed by atoms with E-state index in [1.165, 1.54) is 17.0 Å². The van der Waals surface area contributed by atoms with Crippen LogP contribution in [0.2, 0.25) is 5.02 Å². The van der Waals surface area contributed by atoms with Crippen molar-refractivity contribution in [1.82, 2.24) is 9.88 Å². The van der Waals surface area contributed by atoms with E-state index >= 15 is 0 Å². The van der Waals surface area contributed by atoms with Gasteiger partial charge in [-0.1, -0.05) is 22.9 Å². The number of hydrogen-bond acceptors (Lipinski definition) is 6. The summed E-state index contributed by atoms with van der Waals surface area (Å²) < 4.78 is 27.8. The van der Waals surface area contributed by atoms with E-state index in [2.05, 4.69) is 4.98 Å². The van der Waals surface area contributed by atoms with Gasteiger partial charge in [0.15, 0.2) is 10.9 Å². The summed E-state index contributed by atoms with van der Waals surface area (Å²) >= 11 is 6.86. The minimum atomic E-state index is -0.851. The van der Waals surface area contributed by atoms with Crippen LogP contribution < -0.4 is 4.90 Å². The van der Waals surface area contributed by atoms with Gasteiger partial charge in [0.05, 0.1) is 9.62 Å². The van der Waals surface area contributed by atoms with Gasteiger partial charge in [-0.2, -0.15) is 0 Å². The third-order valence-electron chi connectivity index (χ3n) is 4.03. The van der Waals surface area contributed by atoms with Crippen molar-refractivity contribution in [3.05, 3.63) is 62.7 Å². The van der Waals surface area contributed by atoms with Crippen LogP contribution in [-0.4, -0.2) is 47.9 Å². The van der Waals surface area contributed by atoms with Crippen molar-refractivity contribution < 1.29 is 18.5 Å². The zero-order valence-electron chi connectivity index (χ0n) is 15.8. The molecule has 0 saturated heterocycles. The molecule has 7 nitrogen and oxygen atoms in total. The topological polar surface area (TPSA) is 79.6 Å². The van der Waals surface area contributed by atoms with Gasteiger partial charge in [0.2, 0.25) is 0 Å². The predicted molar refractivity (Wildman–Crippen MR) is 115 cm³/mol. The molecule has 3 aromatic rings. The fourth-order valence-electron chi connectivity index (χ4n) is 2.63. The first-order valence-electron chi connectivity index (χ1n) is 8.33. The Labute approximate surface area is 185 Å². The molecule has 0 fully saturated rings. The number of likely N-dealkylation sites (N-methyl/N-ethyl adjacent to an activating group) is 1. The number of halogens is 4. The molecule has 30 heavy (non-hydrogen) atoms. The third kappa shape index (κ3) is 5.01. The van der Waals surface area contributed by atoms with E-state index < -0.39 is 28.2 Å². The summed E-state index contributed by atoms with van der Waals surface area (Å²) in [6.07, 6.45) is 0. The first-order chi connectivity index (χ1) is 13.7. The Morgan fingerprint density at radius 2 is 1.93 bits per heavy atom. The van der Waals surface area contributed by atoms with Crippen LogP contribution in [-0.2, 0) is 0 Å². The number of thiazole rings is 1. The Bertz CT molecular complexity index is 1110. The zero-order chi connectivity index (χ0) is 21.3. The van der Waals surface area contributed by atoms with Crippen molar-refractivity contribution in [2.45, 2.75) is 0 Å². The lowest BCUT2D eigenvalue weighted by molar-refractivity contribution is -0.385. The number of aromatic nitrogens is 1. The lowest BCUT2D eigenvalue weighted by Crippen LogP contribution is -2.37. The molecule has 1 heterocycles. The fraction of sp³-hybridized carbons (Fsp3) is 0.222. The number of amides is 1. The van der Waals surface area contributed by atoms with Gasteiger partial charge < -0.3 is 4.90 Å². The summed E-state index contributed by atoms with van der Waals surface area (Å²) in [5.74, 6) is -2.32. The zero-order valence-corrected chi connectivity index (χ0v) is 18.2. The van der Waals surface area contributed by atoms with Crippen LogP contribution >= 0.6 is 35.3 Å². The van der Waals surface area contributed by atoms with E-state index in [4.69, 9.17) is 11.6 Å². The highest BCUT2D eigenvalue weighted by Gasteiger charge is 2.28. The molecule has 160 valence electrons. The Hall–Kier alpha value is -2.40. The van der Waals surface area contributed by atoms with Crippen molar-refractivity contribution in [3.63, 3.8) is 0 Å². The molecule has 3 rings (SSSR count). The largest absolute Gasteiger partial charge is 0.308 e. The average Bonchev–Trinajstić information content (AvgIpc) is 3.05. The molecule has 0 atom stereocenters. The van der Waals surface area contributed by atoms with Gasteiger partial charge in [-0.15, -0.1) is 12.4 Å².